The molecule has 4 rings (SSSR count). The van der Waals surface area contributed by atoms with Gasteiger partial charge < -0.3 is 5.32 Å². The van der Waals surface area contributed by atoms with Gasteiger partial charge in [0, 0.05) is 11.9 Å². The minimum Gasteiger partial charge on any atom is -0.369 e. The van der Waals surface area contributed by atoms with Crippen LogP contribution in [0.5, 0.6) is 0 Å². The van der Waals surface area contributed by atoms with Crippen LogP contribution in [-0.2, 0) is 9.84 Å². The van der Waals surface area contributed by atoms with Crippen molar-refractivity contribution in [3.63, 3.8) is 0 Å². The zero-order chi connectivity index (χ0) is 21.5. The molecule has 30 heavy (non-hydrogen) atoms. The second kappa shape index (κ2) is 7.68. The maximum atomic E-state index is 13.3. The Balaban J connectivity index is 1.89. The van der Waals surface area contributed by atoms with Crippen LogP contribution in [0.2, 0.25) is 0 Å². The van der Waals surface area contributed by atoms with E-state index in [1.807, 2.05) is 38.1 Å². The van der Waals surface area contributed by atoms with E-state index in [1.54, 1.807) is 18.2 Å². The summed E-state index contributed by atoms with van der Waals surface area (Å²) in [6.07, 6.45) is 0.979. The molecule has 0 atom stereocenters. The second-order valence-electron chi connectivity index (χ2n) is 7.97. The summed E-state index contributed by atoms with van der Waals surface area (Å²) in [6.45, 7) is 8.89. The highest BCUT2D eigenvalue weighted by Crippen LogP contribution is 2.28. The summed E-state index contributed by atoms with van der Waals surface area (Å²) in [5.74, 6) is 1.18. The molecule has 0 bridgehead atoms. The van der Waals surface area contributed by atoms with E-state index >= 15 is 0 Å². The summed E-state index contributed by atoms with van der Waals surface area (Å²) < 4.78 is 28.2. The maximum absolute atomic E-state index is 13.3. The van der Waals surface area contributed by atoms with Gasteiger partial charge >= 0.3 is 0 Å². The van der Waals surface area contributed by atoms with Crippen LogP contribution in [0.25, 0.3) is 16.6 Å². The van der Waals surface area contributed by atoms with E-state index in [-0.39, 0.29) is 15.6 Å². The predicted octanol–water partition coefficient (Wildman–Crippen LogP) is 4.19. The van der Waals surface area contributed by atoms with Crippen molar-refractivity contribution in [3.05, 3.63) is 53.6 Å². The van der Waals surface area contributed by atoms with Crippen LogP contribution in [0.4, 0.5) is 5.82 Å². The van der Waals surface area contributed by atoms with Gasteiger partial charge in [-0.1, -0.05) is 37.3 Å². The van der Waals surface area contributed by atoms with Crippen molar-refractivity contribution in [3.8, 4) is 0 Å². The zero-order valence-electron chi connectivity index (χ0n) is 17.5. The quantitative estimate of drug-likeness (QED) is 0.500. The molecule has 0 radical (unpaired) electrons. The Morgan fingerprint density at radius 1 is 1.07 bits per heavy atom. The molecule has 0 aliphatic carbocycles. The van der Waals surface area contributed by atoms with Gasteiger partial charge in [-0.25, -0.2) is 13.4 Å². The Morgan fingerprint density at radius 3 is 2.57 bits per heavy atom. The van der Waals surface area contributed by atoms with Gasteiger partial charge in [0.25, 0.3) is 0 Å². The standard InChI is InChI=1S/C22H25N5O2S/c1-14(2)11-12-23-20-18-7-5-6-8-19(18)27-21(24-20)22(25-26-27)30(28,29)17-10-9-15(3)16(4)13-17/h5-10,13-14H,11-12H2,1-4H3,(H,23,24). The molecule has 0 aliphatic rings. The Kier molecular flexibility index (Phi) is 5.19. The van der Waals surface area contributed by atoms with Gasteiger partial charge in [0.1, 0.15) is 5.82 Å². The lowest BCUT2D eigenvalue weighted by molar-refractivity contribution is 0.592. The molecule has 2 aromatic heterocycles. The Morgan fingerprint density at radius 2 is 1.83 bits per heavy atom. The fourth-order valence-corrected chi connectivity index (χ4v) is 4.64. The lowest BCUT2D eigenvalue weighted by Gasteiger charge is -2.11. The van der Waals surface area contributed by atoms with Gasteiger partial charge in [-0.15, -0.1) is 5.10 Å². The van der Waals surface area contributed by atoms with E-state index in [1.165, 1.54) is 4.52 Å². The number of benzene rings is 2. The van der Waals surface area contributed by atoms with E-state index in [4.69, 9.17) is 0 Å². The molecule has 7 nitrogen and oxygen atoms in total. The normalized spacial score (nSPS) is 12.2. The van der Waals surface area contributed by atoms with Crippen LogP contribution in [0.1, 0.15) is 31.4 Å². The molecular formula is C22H25N5O2S. The van der Waals surface area contributed by atoms with Crippen LogP contribution in [0.15, 0.2) is 52.4 Å². The van der Waals surface area contributed by atoms with Gasteiger partial charge in [-0.05, 0) is 61.6 Å². The van der Waals surface area contributed by atoms with Crippen molar-refractivity contribution < 1.29 is 8.42 Å². The molecule has 0 saturated carbocycles. The molecule has 0 unspecified atom stereocenters. The van der Waals surface area contributed by atoms with Gasteiger partial charge in [0.2, 0.25) is 14.9 Å². The predicted molar refractivity (Wildman–Crippen MR) is 118 cm³/mol. The van der Waals surface area contributed by atoms with Crippen molar-refractivity contribution >= 4 is 32.2 Å². The van der Waals surface area contributed by atoms with Crippen molar-refractivity contribution in [2.75, 3.05) is 11.9 Å². The summed E-state index contributed by atoms with van der Waals surface area (Å²) >= 11 is 0. The first kappa shape index (κ1) is 20.3. The van der Waals surface area contributed by atoms with Crippen molar-refractivity contribution in [2.24, 2.45) is 5.92 Å². The highest BCUT2D eigenvalue weighted by molar-refractivity contribution is 7.91. The summed E-state index contributed by atoms with van der Waals surface area (Å²) in [7, 11) is -3.87. The molecule has 0 amide bonds. The molecule has 0 aliphatic heterocycles. The molecule has 8 heteroatoms. The molecule has 2 aromatic carbocycles. The summed E-state index contributed by atoms with van der Waals surface area (Å²) in [5, 5.41) is 12.3. The van der Waals surface area contributed by atoms with Crippen molar-refractivity contribution in [2.45, 2.75) is 44.0 Å². The SMILES string of the molecule is Cc1ccc(S(=O)(=O)c2nnn3c2nc(NCCC(C)C)c2ccccc23)cc1C. The number of aromatic nitrogens is 4. The van der Waals surface area contributed by atoms with E-state index in [9.17, 15) is 8.42 Å². The Hall–Kier alpha value is -3.00. The van der Waals surface area contributed by atoms with E-state index < -0.39 is 9.84 Å². The topological polar surface area (TPSA) is 89.2 Å². The number of nitrogens with zero attached hydrogens (tertiary/aromatic N) is 4. The van der Waals surface area contributed by atoms with Gasteiger partial charge in [-0.3, -0.25) is 0 Å². The first-order valence-electron chi connectivity index (χ1n) is 9.99. The number of fused-ring (bicyclic) bond motifs is 3. The average molecular weight is 424 g/mol. The number of anilines is 1. The van der Waals surface area contributed by atoms with Crippen molar-refractivity contribution in [1.29, 1.82) is 0 Å². The number of hydrogen-bond donors (Lipinski definition) is 1. The number of para-hydroxylation sites is 1. The number of aryl methyl sites for hydroxylation is 2. The molecule has 4 aromatic rings. The van der Waals surface area contributed by atoms with Crippen molar-refractivity contribution in [1.82, 2.24) is 19.8 Å². The third kappa shape index (κ3) is 3.52. The monoisotopic (exact) mass is 423 g/mol. The van der Waals surface area contributed by atoms with Gasteiger partial charge in [0.15, 0.2) is 5.65 Å². The fraction of sp³-hybridized carbons (Fsp3) is 0.318. The second-order valence-corrected chi connectivity index (χ2v) is 9.83. The highest BCUT2D eigenvalue weighted by Gasteiger charge is 2.27. The van der Waals surface area contributed by atoms with Gasteiger partial charge in [0.05, 0.1) is 10.4 Å². The van der Waals surface area contributed by atoms with Crippen LogP contribution >= 0.6 is 0 Å². The van der Waals surface area contributed by atoms with E-state index in [2.05, 4.69) is 34.5 Å². The molecule has 0 fully saturated rings. The summed E-state index contributed by atoms with van der Waals surface area (Å²) in [5.41, 5.74) is 2.91. The smallest absolute Gasteiger partial charge is 0.229 e. The average Bonchev–Trinajstić information content (AvgIpc) is 3.14. The maximum Gasteiger partial charge on any atom is 0.229 e. The molecule has 0 saturated heterocycles. The van der Waals surface area contributed by atoms with Gasteiger partial charge in [-0.2, -0.15) is 4.52 Å². The van der Waals surface area contributed by atoms with Crippen LogP contribution in [0, 0.1) is 19.8 Å². The number of rotatable bonds is 6. The Bertz CT molecular complexity index is 1340. The molecule has 2 heterocycles. The summed E-state index contributed by atoms with van der Waals surface area (Å²) in [4.78, 5) is 4.83. The molecule has 0 spiro atoms. The fourth-order valence-electron chi connectivity index (χ4n) is 3.33. The minimum absolute atomic E-state index is 0.136. The zero-order valence-corrected chi connectivity index (χ0v) is 18.4. The largest absolute Gasteiger partial charge is 0.369 e. The highest BCUT2D eigenvalue weighted by atomic mass is 32.2. The first-order valence-corrected chi connectivity index (χ1v) is 11.5. The van der Waals surface area contributed by atoms with Crippen LogP contribution in [0.3, 0.4) is 0 Å². The number of nitrogens with one attached hydrogen (secondary N) is 1. The van der Waals surface area contributed by atoms with Crippen LogP contribution in [-0.4, -0.2) is 34.8 Å². The molecule has 1 N–H and O–H groups in total. The third-order valence-electron chi connectivity index (χ3n) is 5.28. The Labute approximate surface area is 176 Å². The van der Waals surface area contributed by atoms with Crippen LogP contribution < -0.4 is 5.32 Å². The first-order chi connectivity index (χ1) is 14.3. The lowest BCUT2D eigenvalue weighted by Crippen LogP contribution is -2.09. The number of hydrogen-bond acceptors (Lipinski definition) is 6. The number of sulfone groups is 1. The molecule has 156 valence electrons. The molecular weight excluding hydrogens is 398 g/mol. The summed E-state index contributed by atoms with van der Waals surface area (Å²) in [6, 6.07) is 12.7. The minimum atomic E-state index is -3.87. The third-order valence-corrected chi connectivity index (χ3v) is 6.93. The van der Waals surface area contributed by atoms with E-state index in [0.29, 0.717) is 11.7 Å². The lowest BCUT2D eigenvalue weighted by atomic mass is 10.1. The van der Waals surface area contributed by atoms with E-state index in [0.717, 1.165) is 35.0 Å².